The predicted octanol–water partition coefficient (Wildman–Crippen LogP) is 2.93. The zero-order chi connectivity index (χ0) is 15.7. The summed E-state index contributed by atoms with van der Waals surface area (Å²) in [6.07, 6.45) is 3.14. The minimum absolute atomic E-state index is 0.417. The number of aromatic nitrogens is 2. The summed E-state index contributed by atoms with van der Waals surface area (Å²) in [5, 5.41) is 3.44. The summed E-state index contributed by atoms with van der Waals surface area (Å²) >= 11 is 0. The molecule has 1 aromatic rings. The van der Waals surface area contributed by atoms with Crippen LogP contribution in [-0.2, 0) is 4.74 Å². The summed E-state index contributed by atoms with van der Waals surface area (Å²) in [6.45, 7) is 16.5. The maximum absolute atomic E-state index is 5.36. The molecule has 0 saturated carbocycles. The van der Waals surface area contributed by atoms with Gasteiger partial charge in [-0.25, -0.2) is 4.98 Å². The summed E-state index contributed by atoms with van der Waals surface area (Å²) in [7, 11) is 0. The molecular weight excluding hydrogens is 264 g/mol. The average molecular weight is 296 g/mol. The van der Waals surface area contributed by atoms with Crippen molar-refractivity contribution < 1.29 is 4.74 Å². The van der Waals surface area contributed by atoms with Crippen molar-refractivity contribution in [2.45, 2.75) is 47.1 Å². The molecule has 0 aliphatic rings. The maximum atomic E-state index is 5.36. The van der Waals surface area contributed by atoms with Crippen LogP contribution in [0.15, 0.2) is 6.20 Å². The second kappa shape index (κ2) is 9.79. The molecule has 21 heavy (non-hydrogen) atoms. The van der Waals surface area contributed by atoms with Crippen LogP contribution < -0.4 is 5.32 Å². The van der Waals surface area contributed by atoms with E-state index in [2.05, 4.69) is 46.7 Å². The summed E-state index contributed by atoms with van der Waals surface area (Å²) in [5.41, 5.74) is 1.06. The minimum atomic E-state index is 0.417. The number of anilines is 1. The Bertz CT molecular complexity index is 388. The molecule has 1 unspecified atom stereocenters. The molecule has 0 aliphatic heterocycles. The normalized spacial score (nSPS) is 12.9. The SMILES string of the molecule is CCOCCCNc1nc(C)cn1C(C)CN(CC)CC. The fourth-order valence-electron chi connectivity index (χ4n) is 2.45. The minimum Gasteiger partial charge on any atom is -0.382 e. The number of nitrogens with zero attached hydrogens (tertiary/aromatic N) is 3. The zero-order valence-electron chi connectivity index (χ0n) is 14.4. The highest BCUT2D eigenvalue weighted by atomic mass is 16.5. The van der Waals surface area contributed by atoms with Crippen LogP contribution in [0.5, 0.6) is 0 Å². The van der Waals surface area contributed by atoms with E-state index < -0.39 is 0 Å². The third-order valence-corrected chi connectivity index (χ3v) is 3.70. The summed E-state index contributed by atoms with van der Waals surface area (Å²) in [5.74, 6) is 0.976. The van der Waals surface area contributed by atoms with Crippen molar-refractivity contribution in [3.63, 3.8) is 0 Å². The lowest BCUT2D eigenvalue weighted by molar-refractivity contribution is 0.147. The third-order valence-electron chi connectivity index (χ3n) is 3.70. The van der Waals surface area contributed by atoms with Crippen LogP contribution in [0.4, 0.5) is 5.95 Å². The Morgan fingerprint density at radius 3 is 2.67 bits per heavy atom. The van der Waals surface area contributed by atoms with Gasteiger partial charge in [-0.05, 0) is 40.3 Å². The highest BCUT2D eigenvalue weighted by molar-refractivity contribution is 5.29. The van der Waals surface area contributed by atoms with E-state index >= 15 is 0 Å². The van der Waals surface area contributed by atoms with Crippen LogP contribution >= 0.6 is 0 Å². The van der Waals surface area contributed by atoms with E-state index in [9.17, 15) is 0 Å². The molecule has 0 fully saturated rings. The number of likely N-dealkylation sites (N-methyl/N-ethyl adjacent to an activating group) is 1. The molecule has 1 N–H and O–H groups in total. The lowest BCUT2D eigenvalue weighted by atomic mass is 10.3. The molecule has 122 valence electrons. The van der Waals surface area contributed by atoms with E-state index in [4.69, 9.17) is 4.74 Å². The van der Waals surface area contributed by atoms with Crippen LogP contribution in [0.25, 0.3) is 0 Å². The molecule has 1 atom stereocenters. The first kappa shape index (κ1) is 18.0. The van der Waals surface area contributed by atoms with Gasteiger partial charge in [-0.1, -0.05) is 13.8 Å². The second-order valence-electron chi connectivity index (χ2n) is 5.43. The van der Waals surface area contributed by atoms with Crippen molar-refractivity contribution in [1.82, 2.24) is 14.5 Å². The number of ether oxygens (including phenoxy) is 1. The van der Waals surface area contributed by atoms with E-state index in [0.717, 1.165) is 57.5 Å². The lowest BCUT2D eigenvalue weighted by Gasteiger charge is -2.24. The van der Waals surface area contributed by atoms with Gasteiger partial charge in [0.25, 0.3) is 0 Å². The Kier molecular flexibility index (Phi) is 8.38. The largest absolute Gasteiger partial charge is 0.382 e. The number of imidazole rings is 1. The summed E-state index contributed by atoms with van der Waals surface area (Å²) < 4.78 is 7.62. The van der Waals surface area contributed by atoms with Crippen LogP contribution in [0, 0.1) is 6.92 Å². The second-order valence-corrected chi connectivity index (χ2v) is 5.43. The van der Waals surface area contributed by atoms with E-state index in [1.54, 1.807) is 0 Å². The van der Waals surface area contributed by atoms with Crippen LogP contribution in [0.2, 0.25) is 0 Å². The highest BCUT2D eigenvalue weighted by Gasteiger charge is 2.14. The van der Waals surface area contributed by atoms with Gasteiger partial charge in [0.05, 0.1) is 5.69 Å². The number of rotatable bonds is 11. The van der Waals surface area contributed by atoms with Crippen molar-refractivity contribution in [3.8, 4) is 0 Å². The summed E-state index contributed by atoms with van der Waals surface area (Å²) in [6, 6.07) is 0.417. The van der Waals surface area contributed by atoms with Gasteiger partial charge in [0.1, 0.15) is 0 Å². The van der Waals surface area contributed by atoms with Gasteiger partial charge in [0.2, 0.25) is 5.95 Å². The van der Waals surface area contributed by atoms with Gasteiger partial charge in [-0.15, -0.1) is 0 Å². The molecule has 0 aliphatic carbocycles. The van der Waals surface area contributed by atoms with E-state index in [0.29, 0.717) is 6.04 Å². The smallest absolute Gasteiger partial charge is 0.203 e. The van der Waals surface area contributed by atoms with Gasteiger partial charge in [-0.2, -0.15) is 0 Å². The number of hydrogen-bond acceptors (Lipinski definition) is 4. The Hall–Kier alpha value is -1.07. The zero-order valence-corrected chi connectivity index (χ0v) is 14.4. The van der Waals surface area contributed by atoms with Crippen molar-refractivity contribution >= 4 is 5.95 Å². The van der Waals surface area contributed by atoms with Gasteiger partial charge in [0, 0.05) is 38.5 Å². The van der Waals surface area contributed by atoms with Gasteiger partial charge >= 0.3 is 0 Å². The molecule has 0 amide bonds. The first-order chi connectivity index (χ1) is 10.1. The molecule has 1 rings (SSSR count). The maximum Gasteiger partial charge on any atom is 0.203 e. The monoisotopic (exact) mass is 296 g/mol. The fraction of sp³-hybridized carbons (Fsp3) is 0.812. The first-order valence-electron chi connectivity index (χ1n) is 8.21. The predicted molar refractivity (Wildman–Crippen MR) is 89.1 cm³/mol. The van der Waals surface area contributed by atoms with Gasteiger partial charge in [0.15, 0.2) is 0 Å². The van der Waals surface area contributed by atoms with Gasteiger partial charge < -0.3 is 19.5 Å². The average Bonchev–Trinajstić information content (AvgIpc) is 2.85. The fourth-order valence-corrected chi connectivity index (χ4v) is 2.45. The summed E-state index contributed by atoms with van der Waals surface area (Å²) in [4.78, 5) is 7.04. The molecule has 1 aromatic heterocycles. The Balaban J connectivity index is 2.56. The molecule has 0 saturated heterocycles. The Labute approximate surface area is 129 Å². The standard InChI is InChI=1S/C16H32N4O/c1-6-19(7-2)13-15(5)20-12-14(4)18-16(20)17-10-9-11-21-8-3/h12,15H,6-11,13H2,1-5H3,(H,17,18). The third kappa shape index (κ3) is 6.06. The van der Waals surface area contributed by atoms with Crippen LogP contribution in [-0.4, -0.2) is 53.8 Å². The molecule has 1 heterocycles. The van der Waals surface area contributed by atoms with E-state index in [1.165, 1.54) is 0 Å². The highest BCUT2D eigenvalue weighted by Crippen LogP contribution is 2.17. The number of hydrogen-bond donors (Lipinski definition) is 1. The molecule has 5 nitrogen and oxygen atoms in total. The van der Waals surface area contributed by atoms with Crippen molar-refractivity contribution in [2.75, 3.05) is 44.7 Å². The molecule has 0 radical (unpaired) electrons. The molecule has 0 bridgehead atoms. The Morgan fingerprint density at radius 1 is 1.33 bits per heavy atom. The van der Waals surface area contributed by atoms with E-state index in [-0.39, 0.29) is 0 Å². The topological polar surface area (TPSA) is 42.3 Å². The van der Waals surface area contributed by atoms with E-state index in [1.807, 2.05) is 13.8 Å². The van der Waals surface area contributed by atoms with Crippen molar-refractivity contribution in [3.05, 3.63) is 11.9 Å². The van der Waals surface area contributed by atoms with Crippen LogP contribution in [0.1, 0.15) is 45.9 Å². The van der Waals surface area contributed by atoms with Crippen molar-refractivity contribution in [2.24, 2.45) is 0 Å². The van der Waals surface area contributed by atoms with Crippen molar-refractivity contribution in [1.29, 1.82) is 0 Å². The quantitative estimate of drug-likeness (QED) is 0.638. The molecular formula is C16H32N4O. The Morgan fingerprint density at radius 2 is 2.05 bits per heavy atom. The lowest BCUT2D eigenvalue weighted by Crippen LogP contribution is -2.30. The molecule has 5 heteroatoms. The first-order valence-corrected chi connectivity index (χ1v) is 8.21. The number of nitrogens with one attached hydrogen (secondary N) is 1. The van der Waals surface area contributed by atoms with Crippen LogP contribution in [0.3, 0.4) is 0 Å². The number of aryl methyl sites for hydroxylation is 1. The molecule has 0 spiro atoms. The van der Waals surface area contributed by atoms with Gasteiger partial charge in [-0.3, -0.25) is 0 Å². The molecule has 0 aromatic carbocycles.